The lowest BCUT2D eigenvalue weighted by Gasteiger charge is -2.14. The number of amidine groups is 1. The minimum absolute atomic E-state index is 0.0966. The fraction of sp³-hybridized carbons (Fsp3) is 0.533. The summed E-state index contributed by atoms with van der Waals surface area (Å²) in [6.45, 7) is 6.30. The van der Waals surface area contributed by atoms with Gasteiger partial charge in [-0.3, -0.25) is 0 Å². The van der Waals surface area contributed by atoms with Crippen molar-refractivity contribution in [1.82, 2.24) is 0 Å². The molecule has 6 heteroatoms. The van der Waals surface area contributed by atoms with Crippen molar-refractivity contribution < 1.29 is 19.4 Å². The smallest absolute Gasteiger partial charge is 0.170 e. The Morgan fingerprint density at radius 3 is 2.38 bits per heavy atom. The third-order valence-electron chi connectivity index (χ3n) is 2.98. The molecule has 0 radical (unpaired) electrons. The van der Waals surface area contributed by atoms with Crippen molar-refractivity contribution in [3.05, 3.63) is 28.8 Å². The van der Waals surface area contributed by atoms with Crippen LogP contribution < -0.4 is 10.5 Å². The van der Waals surface area contributed by atoms with E-state index < -0.39 is 0 Å². The van der Waals surface area contributed by atoms with Gasteiger partial charge < -0.3 is 25.2 Å². The first kappa shape index (κ1) is 17.3. The molecule has 0 atom stereocenters. The first-order chi connectivity index (χ1) is 10.1. The Morgan fingerprint density at radius 2 is 1.81 bits per heavy atom. The van der Waals surface area contributed by atoms with Crippen molar-refractivity contribution in [1.29, 1.82) is 0 Å². The minimum Gasteiger partial charge on any atom is -0.493 e. The molecule has 0 aliphatic carbocycles. The molecule has 0 fully saturated rings. The van der Waals surface area contributed by atoms with Crippen LogP contribution in [-0.4, -0.2) is 44.6 Å². The van der Waals surface area contributed by atoms with Gasteiger partial charge in [-0.05, 0) is 37.1 Å². The predicted octanol–water partition coefficient (Wildman–Crippen LogP) is 1.83. The highest BCUT2D eigenvalue weighted by atomic mass is 16.5. The van der Waals surface area contributed by atoms with Gasteiger partial charge in [0.25, 0.3) is 0 Å². The second kappa shape index (κ2) is 9.20. The summed E-state index contributed by atoms with van der Waals surface area (Å²) in [5.74, 6) is 0.931. The quantitative estimate of drug-likeness (QED) is 0.239. The Labute approximate surface area is 125 Å². The maximum atomic E-state index is 8.71. The zero-order valence-corrected chi connectivity index (χ0v) is 12.9. The molecule has 118 valence electrons. The van der Waals surface area contributed by atoms with Gasteiger partial charge in [0, 0.05) is 25.7 Å². The minimum atomic E-state index is 0.0966. The number of nitrogens with zero attached hydrogens (tertiary/aromatic N) is 1. The van der Waals surface area contributed by atoms with E-state index in [0.29, 0.717) is 32.0 Å². The molecule has 1 rings (SSSR count). The summed E-state index contributed by atoms with van der Waals surface area (Å²) in [6, 6.07) is 3.68. The largest absolute Gasteiger partial charge is 0.493 e. The van der Waals surface area contributed by atoms with E-state index in [0.717, 1.165) is 23.3 Å². The summed E-state index contributed by atoms with van der Waals surface area (Å²) in [5.41, 5.74) is 8.19. The maximum Gasteiger partial charge on any atom is 0.170 e. The number of rotatable bonds is 9. The standard InChI is InChI=1S/C15H24N2O4/c1-11-9-13(15(16)17-18)10-12(2)14(11)21-6-4-5-20-8-7-19-3/h9-10,18H,4-8H2,1-3H3,(H2,16,17). The van der Waals surface area contributed by atoms with E-state index in [9.17, 15) is 0 Å². The zero-order valence-electron chi connectivity index (χ0n) is 12.9. The second-order valence-electron chi connectivity index (χ2n) is 4.73. The van der Waals surface area contributed by atoms with E-state index in [4.69, 9.17) is 25.2 Å². The molecule has 6 nitrogen and oxygen atoms in total. The van der Waals surface area contributed by atoms with Crippen molar-refractivity contribution in [2.45, 2.75) is 20.3 Å². The first-order valence-electron chi connectivity index (χ1n) is 6.88. The van der Waals surface area contributed by atoms with Gasteiger partial charge in [0.15, 0.2) is 5.84 Å². The third-order valence-corrected chi connectivity index (χ3v) is 2.98. The van der Waals surface area contributed by atoms with Crippen molar-refractivity contribution in [3.8, 4) is 5.75 Å². The highest BCUT2D eigenvalue weighted by molar-refractivity contribution is 5.97. The highest BCUT2D eigenvalue weighted by Gasteiger charge is 2.09. The number of oxime groups is 1. The molecule has 0 saturated heterocycles. The van der Waals surface area contributed by atoms with Crippen LogP contribution in [0.1, 0.15) is 23.1 Å². The van der Waals surface area contributed by atoms with Crippen LogP contribution in [0.2, 0.25) is 0 Å². The van der Waals surface area contributed by atoms with Crippen LogP contribution in [0.4, 0.5) is 0 Å². The molecule has 0 saturated carbocycles. The molecule has 21 heavy (non-hydrogen) atoms. The van der Waals surface area contributed by atoms with Crippen LogP contribution in [0.25, 0.3) is 0 Å². The molecular formula is C15H24N2O4. The Morgan fingerprint density at radius 1 is 1.14 bits per heavy atom. The summed E-state index contributed by atoms with van der Waals surface area (Å²) < 4.78 is 16.1. The Hall–Kier alpha value is -1.79. The third kappa shape index (κ3) is 5.61. The number of aryl methyl sites for hydroxylation is 2. The summed E-state index contributed by atoms with van der Waals surface area (Å²) in [6.07, 6.45) is 0.810. The van der Waals surface area contributed by atoms with Crippen molar-refractivity contribution in [2.24, 2.45) is 10.9 Å². The van der Waals surface area contributed by atoms with E-state index in [1.807, 2.05) is 26.0 Å². The molecular weight excluding hydrogens is 272 g/mol. The average molecular weight is 296 g/mol. The summed E-state index contributed by atoms with van der Waals surface area (Å²) in [5, 5.41) is 11.7. The molecule has 0 bridgehead atoms. The Balaban J connectivity index is 2.49. The van der Waals surface area contributed by atoms with Crippen LogP contribution in [0.5, 0.6) is 5.75 Å². The van der Waals surface area contributed by atoms with Gasteiger partial charge >= 0.3 is 0 Å². The van der Waals surface area contributed by atoms with E-state index in [1.165, 1.54) is 0 Å². The molecule has 3 N–H and O–H groups in total. The molecule has 1 aromatic rings. The number of nitrogens with two attached hydrogens (primary N) is 1. The van der Waals surface area contributed by atoms with Gasteiger partial charge in [-0.2, -0.15) is 0 Å². The number of ether oxygens (including phenoxy) is 3. The van der Waals surface area contributed by atoms with E-state index in [1.54, 1.807) is 7.11 Å². The number of hydrogen-bond acceptors (Lipinski definition) is 5. The van der Waals surface area contributed by atoms with Gasteiger partial charge in [0.1, 0.15) is 5.75 Å². The monoisotopic (exact) mass is 296 g/mol. The molecule has 1 aromatic carbocycles. The fourth-order valence-electron chi connectivity index (χ4n) is 1.96. The highest BCUT2D eigenvalue weighted by Crippen LogP contribution is 2.24. The lowest BCUT2D eigenvalue weighted by molar-refractivity contribution is 0.0643. The van der Waals surface area contributed by atoms with Gasteiger partial charge in [0.2, 0.25) is 0 Å². The summed E-state index contributed by atoms with van der Waals surface area (Å²) >= 11 is 0. The van der Waals surface area contributed by atoms with E-state index in [-0.39, 0.29) is 5.84 Å². The van der Waals surface area contributed by atoms with Crippen LogP contribution in [0.15, 0.2) is 17.3 Å². The fourth-order valence-corrected chi connectivity index (χ4v) is 1.96. The summed E-state index contributed by atoms with van der Waals surface area (Å²) in [4.78, 5) is 0. The van der Waals surface area contributed by atoms with Crippen LogP contribution in [0.3, 0.4) is 0 Å². The van der Waals surface area contributed by atoms with Gasteiger partial charge in [-0.25, -0.2) is 0 Å². The lowest BCUT2D eigenvalue weighted by atomic mass is 10.1. The molecule has 0 aliphatic rings. The average Bonchev–Trinajstić information content (AvgIpc) is 2.47. The number of hydrogen-bond donors (Lipinski definition) is 2. The van der Waals surface area contributed by atoms with Crippen molar-refractivity contribution >= 4 is 5.84 Å². The lowest BCUT2D eigenvalue weighted by Crippen LogP contribution is -2.14. The molecule has 0 spiro atoms. The number of benzene rings is 1. The van der Waals surface area contributed by atoms with Crippen molar-refractivity contribution in [2.75, 3.05) is 33.5 Å². The van der Waals surface area contributed by atoms with Crippen LogP contribution in [0, 0.1) is 13.8 Å². The maximum absolute atomic E-state index is 8.71. The van der Waals surface area contributed by atoms with Gasteiger partial charge in [-0.1, -0.05) is 5.16 Å². The molecule has 0 aromatic heterocycles. The topological polar surface area (TPSA) is 86.3 Å². The molecule has 0 unspecified atom stereocenters. The van der Waals surface area contributed by atoms with E-state index in [2.05, 4.69) is 5.16 Å². The Kier molecular flexibility index (Phi) is 7.56. The van der Waals surface area contributed by atoms with E-state index >= 15 is 0 Å². The van der Waals surface area contributed by atoms with Crippen LogP contribution >= 0.6 is 0 Å². The predicted molar refractivity (Wildman–Crippen MR) is 81.2 cm³/mol. The number of methoxy groups -OCH3 is 1. The van der Waals surface area contributed by atoms with Crippen molar-refractivity contribution in [3.63, 3.8) is 0 Å². The van der Waals surface area contributed by atoms with Gasteiger partial charge in [0.05, 0.1) is 19.8 Å². The second-order valence-corrected chi connectivity index (χ2v) is 4.73. The van der Waals surface area contributed by atoms with Crippen LogP contribution in [-0.2, 0) is 9.47 Å². The summed E-state index contributed by atoms with van der Waals surface area (Å²) in [7, 11) is 1.65. The Bertz CT molecular complexity index is 452. The first-order valence-corrected chi connectivity index (χ1v) is 6.88. The zero-order chi connectivity index (χ0) is 15.7. The van der Waals surface area contributed by atoms with Gasteiger partial charge in [-0.15, -0.1) is 0 Å². The molecule has 0 aliphatic heterocycles. The normalized spacial score (nSPS) is 11.7. The molecule has 0 heterocycles. The molecule has 0 amide bonds. The SMILES string of the molecule is COCCOCCCOc1c(C)cc(C(N)=NO)cc1C.